The van der Waals surface area contributed by atoms with Crippen molar-refractivity contribution in [2.45, 2.75) is 56.8 Å². The lowest BCUT2D eigenvalue weighted by molar-refractivity contribution is -0.210. The van der Waals surface area contributed by atoms with Crippen LogP contribution in [0.3, 0.4) is 0 Å². The Morgan fingerprint density at radius 2 is 1.79 bits per heavy atom. The number of aliphatic imine (C=N–C) groups is 1. The van der Waals surface area contributed by atoms with Crippen LogP contribution in [0.1, 0.15) is 44.9 Å². The molecule has 168 valence electrons. The zero-order valence-corrected chi connectivity index (χ0v) is 20.1. The van der Waals surface area contributed by atoms with E-state index in [9.17, 15) is 4.79 Å². The zero-order valence-electron chi connectivity index (χ0n) is 17.8. The Labute approximate surface area is 191 Å². The monoisotopic (exact) mass is 524 g/mol. The second-order valence-electron chi connectivity index (χ2n) is 8.29. The van der Waals surface area contributed by atoms with Gasteiger partial charge in [-0.2, -0.15) is 0 Å². The second kappa shape index (κ2) is 12.3. The molecule has 1 saturated carbocycles. The number of hydrogen-bond donors (Lipinski definition) is 2. The number of halogens is 1. The van der Waals surface area contributed by atoms with Gasteiger partial charge in [-0.1, -0.05) is 19.3 Å². The van der Waals surface area contributed by atoms with E-state index in [2.05, 4.69) is 15.6 Å². The van der Waals surface area contributed by atoms with Gasteiger partial charge in [-0.05, 0) is 18.8 Å². The fourth-order valence-electron chi connectivity index (χ4n) is 3.97. The molecule has 1 spiro atoms. The van der Waals surface area contributed by atoms with Crippen molar-refractivity contribution in [1.29, 1.82) is 0 Å². The summed E-state index contributed by atoms with van der Waals surface area (Å²) >= 11 is 0. The van der Waals surface area contributed by atoms with E-state index in [1.165, 1.54) is 32.1 Å². The molecule has 1 atom stereocenters. The lowest BCUT2D eigenvalue weighted by atomic mass is 9.89. The summed E-state index contributed by atoms with van der Waals surface area (Å²) in [5, 5.41) is 6.78. The van der Waals surface area contributed by atoms with E-state index in [0.29, 0.717) is 38.2 Å². The minimum absolute atomic E-state index is 0. The number of amides is 1. The number of nitrogens with one attached hydrogen (secondary N) is 2. The highest BCUT2D eigenvalue weighted by Gasteiger charge is 2.42. The highest BCUT2D eigenvalue weighted by atomic mass is 127. The molecule has 0 aromatic carbocycles. The van der Waals surface area contributed by atoms with E-state index in [4.69, 9.17) is 14.2 Å². The third-order valence-electron chi connectivity index (χ3n) is 5.82. The topological polar surface area (TPSA) is 84.4 Å². The van der Waals surface area contributed by atoms with Crippen molar-refractivity contribution in [2.24, 2.45) is 10.9 Å². The normalized spacial score (nSPS) is 24.8. The molecule has 1 aliphatic carbocycles. The van der Waals surface area contributed by atoms with Gasteiger partial charge in [-0.25, -0.2) is 4.99 Å². The highest BCUT2D eigenvalue weighted by Crippen LogP contribution is 2.32. The number of carbonyl (C=O) groups excluding carboxylic acids is 1. The van der Waals surface area contributed by atoms with Gasteiger partial charge in [-0.15, -0.1) is 24.0 Å². The van der Waals surface area contributed by atoms with Crippen LogP contribution in [0.4, 0.5) is 0 Å². The molecule has 2 heterocycles. The first-order valence-corrected chi connectivity index (χ1v) is 10.7. The zero-order chi connectivity index (χ0) is 19.8. The molecule has 29 heavy (non-hydrogen) atoms. The van der Waals surface area contributed by atoms with Gasteiger partial charge in [-0.3, -0.25) is 4.79 Å². The number of likely N-dealkylation sites (N-methyl/N-ethyl adjacent to an activating group) is 1. The summed E-state index contributed by atoms with van der Waals surface area (Å²) in [4.78, 5) is 18.0. The van der Waals surface area contributed by atoms with E-state index >= 15 is 0 Å². The van der Waals surface area contributed by atoms with Crippen LogP contribution < -0.4 is 10.6 Å². The van der Waals surface area contributed by atoms with Crippen molar-refractivity contribution in [3.05, 3.63) is 0 Å². The average Bonchev–Trinajstić information content (AvgIpc) is 3.10. The van der Waals surface area contributed by atoms with Crippen molar-refractivity contribution in [2.75, 3.05) is 53.6 Å². The van der Waals surface area contributed by atoms with Gasteiger partial charge in [0.05, 0.1) is 19.8 Å². The van der Waals surface area contributed by atoms with Gasteiger partial charge in [0.1, 0.15) is 12.6 Å². The number of hydrogen-bond acceptors (Lipinski definition) is 5. The highest BCUT2D eigenvalue weighted by molar-refractivity contribution is 14.0. The van der Waals surface area contributed by atoms with Gasteiger partial charge in [0.2, 0.25) is 5.91 Å². The number of guanidine groups is 1. The predicted molar refractivity (Wildman–Crippen MR) is 123 cm³/mol. The van der Waals surface area contributed by atoms with Crippen molar-refractivity contribution in [3.63, 3.8) is 0 Å². The molecular formula is C20H37IN4O4. The Kier molecular flexibility index (Phi) is 10.4. The number of carbonyl (C=O) groups is 1. The Bertz CT molecular complexity index is 535. The lowest BCUT2D eigenvalue weighted by Crippen LogP contribution is -2.45. The molecule has 1 amide bonds. The maximum Gasteiger partial charge on any atom is 0.243 e. The van der Waals surface area contributed by atoms with Gasteiger partial charge in [0.15, 0.2) is 11.7 Å². The molecular weight excluding hydrogens is 487 g/mol. The van der Waals surface area contributed by atoms with E-state index in [-0.39, 0.29) is 42.5 Å². The molecule has 0 bridgehead atoms. The number of nitrogens with zero attached hydrogens (tertiary/aromatic N) is 2. The minimum atomic E-state index is -0.474. The molecule has 1 unspecified atom stereocenters. The standard InChI is InChI=1S/C20H36N4O4.HI/c1-24(2)18(25)14-23-19(21-12-16-6-4-3-5-7-16)22-13-17-15-27-20(28-17)8-10-26-11-9-20;/h16-17H,3-15H2,1-2H3,(H2,21,22,23);1H. The fraction of sp³-hybridized carbons (Fsp3) is 0.900. The molecule has 0 aromatic rings. The van der Waals surface area contributed by atoms with Crippen molar-refractivity contribution < 1.29 is 19.0 Å². The Morgan fingerprint density at radius 1 is 1.10 bits per heavy atom. The largest absolute Gasteiger partial charge is 0.381 e. The molecule has 2 N–H and O–H groups in total. The third-order valence-corrected chi connectivity index (χ3v) is 5.82. The summed E-state index contributed by atoms with van der Waals surface area (Å²) < 4.78 is 17.5. The van der Waals surface area contributed by atoms with Crippen LogP contribution in [0.2, 0.25) is 0 Å². The molecule has 9 heteroatoms. The Morgan fingerprint density at radius 3 is 2.48 bits per heavy atom. The van der Waals surface area contributed by atoms with E-state index < -0.39 is 5.79 Å². The molecule has 0 aromatic heterocycles. The van der Waals surface area contributed by atoms with Crippen LogP contribution in [-0.4, -0.2) is 82.2 Å². The lowest BCUT2D eigenvalue weighted by Gasteiger charge is -2.31. The molecule has 2 aliphatic heterocycles. The van der Waals surface area contributed by atoms with Crippen LogP contribution in [0, 0.1) is 5.92 Å². The van der Waals surface area contributed by atoms with Crippen LogP contribution in [0.5, 0.6) is 0 Å². The Hall–Kier alpha value is -0.650. The summed E-state index contributed by atoms with van der Waals surface area (Å²) in [5.41, 5.74) is 0. The van der Waals surface area contributed by atoms with Crippen LogP contribution in [0.25, 0.3) is 0 Å². The van der Waals surface area contributed by atoms with Crippen molar-refractivity contribution in [1.82, 2.24) is 15.5 Å². The fourth-order valence-corrected chi connectivity index (χ4v) is 3.97. The number of rotatable bonds is 6. The third kappa shape index (κ3) is 7.84. The maximum atomic E-state index is 11.9. The molecule has 3 aliphatic rings. The van der Waals surface area contributed by atoms with Gasteiger partial charge >= 0.3 is 0 Å². The molecule has 3 rings (SSSR count). The van der Waals surface area contributed by atoms with E-state index in [1.807, 2.05) is 0 Å². The summed E-state index contributed by atoms with van der Waals surface area (Å²) in [6.07, 6.45) is 8.03. The summed E-state index contributed by atoms with van der Waals surface area (Å²) in [6, 6.07) is 0. The summed E-state index contributed by atoms with van der Waals surface area (Å²) in [5.74, 6) is 0.873. The minimum Gasteiger partial charge on any atom is -0.381 e. The van der Waals surface area contributed by atoms with Crippen molar-refractivity contribution in [3.8, 4) is 0 Å². The van der Waals surface area contributed by atoms with Crippen LogP contribution >= 0.6 is 24.0 Å². The second-order valence-corrected chi connectivity index (χ2v) is 8.29. The molecule has 0 radical (unpaired) electrons. The van der Waals surface area contributed by atoms with Crippen LogP contribution in [0.15, 0.2) is 4.99 Å². The van der Waals surface area contributed by atoms with E-state index in [1.54, 1.807) is 19.0 Å². The molecule has 8 nitrogen and oxygen atoms in total. The Balaban J connectivity index is 0.00000300. The van der Waals surface area contributed by atoms with Gasteiger partial charge in [0, 0.05) is 40.0 Å². The van der Waals surface area contributed by atoms with E-state index in [0.717, 1.165) is 19.4 Å². The summed E-state index contributed by atoms with van der Waals surface area (Å²) in [6.45, 7) is 3.57. The number of ether oxygens (including phenoxy) is 3. The maximum absolute atomic E-state index is 11.9. The van der Waals surface area contributed by atoms with Gasteiger partial charge in [0.25, 0.3) is 0 Å². The van der Waals surface area contributed by atoms with Crippen molar-refractivity contribution >= 4 is 35.8 Å². The summed E-state index contributed by atoms with van der Waals surface area (Å²) in [7, 11) is 3.49. The molecule has 3 fully saturated rings. The van der Waals surface area contributed by atoms with Crippen LogP contribution in [-0.2, 0) is 19.0 Å². The average molecular weight is 524 g/mol. The smallest absolute Gasteiger partial charge is 0.243 e. The first kappa shape index (κ1) is 24.6. The first-order chi connectivity index (χ1) is 13.6. The predicted octanol–water partition coefficient (Wildman–Crippen LogP) is 1.73. The quantitative estimate of drug-likeness (QED) is 0.313. The SMILES string of the molecule is CN(C)C(=O)CN=C(NCC1CCCCC1)NCC1COC2(CCOCC2)O1.I. The molecule has 2 saturated heterocycles. The van der Waals surface area contributed by atoms with Gasteiger partial charge < -0.3 is 29.7 Å². The first-order valence-electron chi connectivity index (χ1n) is 10.7.